The van der Waals surface area contributed by atoms with Crippen LogP contribution < -0.4 is 10.6 Å². The predicted molar refractivity (Wildman–Crippen MR) is 135 cm³/mol. The molecule has 0 saturated heterocycles. The number of hydrogen-bond acceptors (Lipinski definition) is 4. The molecule has 7 heteroatoms. The van der Waals surface area contributed by atoms with Crippen molar-refractivity contribution in [3.05, 3.63) is 86.4 Å². The van der Waals surface area contributed by atoms with E-state index in [0.29, 0.717) is 11.0 Å². The lowest BCUT2D eigenvalue weighted by molar-refractivity contribution is 0.623. The summed E-state index contributed by atoms with van der Waals surface area (Å²) in [5, 5.41) is 25.1. The van der Waals surface area contributed by atoms with Gasteiger partial charge in [0, 0.05) is 22.2 Å². The first-order chi connectivity index (χ1) is 15.5. The third-order valence-electron chi connectivity index (χ3n) is 6.15. The van der Waals surface area contributed by atoms with E-state index in [1.54, 1.807) is 0 Å². The van der Waals surface area contributed by atoms with E-state index in [-0.39, 0.29) is 11.8 Å². The Labute approximate surface area is 197 Å². The van der Waals surface area contributed by atoms with Crippen LogP contribution in [0.3, 0.4) is 0 Å². The van der Waals surface area contributed by atoms with E-state index in [1.165, 1.54) is 22.9 Å². The molecular formula is C25H24ClN5S. The van der Waals surface area contributed by atoms with E-state index in [2.05, 4.69) is 46.8 Å². The number of hydrogen-bond donors (Lipinski definition) is 4. The predicted octanol–water partition coefficient (Wildman–Crippen LogP) is 6.45. The smallest absolute Gasteiger partial charge is 0.173 e. The summed E-state index contributed by atoms with van der Waals surface area (Å²) in [6, 6.07) is 16.3. The van der Waals surface area contributed by atoms with E-state index >= 15 is 0 Å². The van der Waals surface area contributed by atoms with Gasteiger partial charge < -0.3 is 10.6 Å². The molecule has 4 N–H and O–H groups in total. The van der Waals surface area contributed by atoms with Gasteiger partial charge in [-0.05, 0) is 78.4 Å². The molecule has 0 bridgehead atoms. The number of allylic oxidation sites excluding steroid dienone is 1. The Morgan fingerprint density at radius 2 is 1.88 bits per heavy atom. The Morgan fingerprint density at radius 1 is 1.12 bits per heavy atom. The summed E-state index contributed by atoms with van der Waals surface area (Å²) in [7, 11) is 0. The number of nitrogens with zero attached hydrogens (tertiary/aromatic N) is 1. The Hall–Kier alpha value is -2.83. The topological polar surface area (TPSA) is 84.1 Å². The van der Waals surface area contributed by atoms with Gasteiger partial charge in [-0.1, -0.05) is 42.8 Å². The first-order valence-corrected chi connectivity index (χ1v) is 12.0. The zero-order valence-corrected chi connectivity index (χ0v) is 19.3. The van der Waals surface area contributed by atoms with Crippen molar-refractivity contribution in [2.24, 2.45) is 4.99 Å². The van der Waals surface area contributed by atoms with Crippen molar-refractivity contribution >= 4 is 45.9 Å². The second-order valence-corrected chi connectivity index (χ2v) is 9.57. The largest absolute Gasteiger partial charge is 0.339 e. The molecule has 0 amide bonds. The van der Waals surface area contributed by atoms with Gasteiger partial charge >= 0.3 is 0 Å². The number of halogens is 1. The highest BCUT2D eigenvalue weighted by Gasteiger charge is 2.37. The fourth-order valence-electron chi connectivity index (χ4n) is 4.52. The van der Waals surface area contributed by atoms with Crippen LogP contribution in [0.25, 0.3) is 0 Å². The third-order valence-corrected chi connectivity index (χ3v) is 7.39. The minimum atomic E-state index is 0.181. The lowest BCUT2D eigenvalue weighted by atomic mass is 9.78. The second-order valence-electron chi connectivity index (χ2n) is 8.14. The highest BCUT2D eigenvalue weighted by Crippen LogP contribution is 2.46. The van der Waals surface area contributed by atoms with Crippen LogP contribution in [0, 0.1) is 10.8 Å². The van der Waals surface area contributed by atoms with Gasteiger partial charge in [0.25, 0.3) is 0 Å². The molecule has 0 aromatic heterocycles. The number of thioether (sulfide) groups is 1. The molecule has 2 aliphatic heterocycles. The number of benzene rings is 2. The first kappa shape index (κ1) is 21.0. The van der Waals surface area contributed by atoms with Gasteiger partial charge in [0.2, 0.25) is 0 Å². The average molecular weight is 462 g/mol. The summed E-state index contributed by atoms with van der Waals surface area (Å²) in [6.07, 6.45) is 3.94. The van der Waals surface area contributed by atoms with Gasteiger partial charge in [-0.2, -0.15) is 0 Å². The zero-order valence-electron chi connectivity index (χ0n) is 17.8. The standard InChI is InChI=1S/C25H24ClN5S/c1-2-14-6-12-17(13-7-14)29-25-31-24(28)22(32-25)21-20-18(15-8-10-16(26)11-9-15)4-3-5-19(20)23(27)30-21/h6-13,18H,2-5H2,1H3,(H2,27,30)(H2,28,29,31)/b22-21+. The number of rotatable bonds is 3. The summed E-state index contributed by atoms with van der Waals surface area (Å²) >= 11 is 7.57. The Morgan fingerprint density at radius 3 is 2.59 bits per heavy atom. The lowest BCUT2D eigenvalue weighted by Gasteiger charge is -2.25. The van der Waals surface area contributed by atoms with Crippen LogP contribution in [0.4, 0.5) is 5.69 Å². The van der Waals surface area contributed by atoms with Gasteiger partial charge in [-0.15, -0.1) is 0 Å². The monoisotopic (exact) mass is 461 g/mol. The zero-order chi connectivity index (χ0) is 22.2. The first-order valence-electron chi connectivity index (χ1n) is 10.8. The minimum Gasteiger partial charge on any atom is -0.339 e. The van der Waals surface area contributed by atoms with Crippen LogP contribution in [-0.4, -0.2) is 16.8 Å². The van der Waals surface area contributed by atoms with Gasteiger partial charge in [0.1, 0.15) is 5.84 Å². The third kappa shape index (κ3) is 3.89. The van der Waals surface area contributed by atoms with Crippen LogP contribution in [0.5, 0.6) is 0 Å². The summed E-state index contributed by atoms with van der Waals surface area (Å²) in [6.45, 7) is 2.14. The number of aliphatic imine (C=N–C) groups is 1. The molecule has 0 fully saturated rings. The molecule has 5 nitrogen and oxygen atoms in total. The van der Waals surface area contributed by atoms with E-state index < -0.39 is 0 Å². The fourth-order valence-corrected chi connectivity index (χ4v) is 5.55. The molecule has 3 aliphatic rings. The maximum absolute atomic E-state index is 8.54. The Balaban J connectivity index is 1.45. The van der Waals surface area contributed by atoms with Crippen molar-refractivity contribution < 1.29 is 0 Å². The van der Waals surface area contributed by atoms with Gasteiger partial charge in [0.05, 0.1) is 10.6 Å². The molecule has 1 unspecified atom stereocenters. The average Bonchev–Trinajstić information content (AvgIpc) is 3.34. The summed E-state index contributed by atoms with van der Waals surface area (Å²) in [4.78, 5) is 5.24. The molecule has 0 spiro atoms. The molecule has 5 rings (SSSR count). The molecule has 0 saturated carbocycles. The van der Waals surface area contributed by atoms with Crippen molar-refractivity contribution in [3.63, 3.8) is 0 Å². The maximum Gasteiger partial charge on any atom is 0.173 e. The molecule has 1 aliphatic carbocycles. The van der Waals surface area contributed by atoms with Crippen LogP contribution in [-0.2, 0) is 6.42 Å². The fraction of sp³-hybridized carbons (Fsp3) is 0.240. The maximum atomic E-state index is 8.54. The van der Waals surface area contributed by atoms with Crippen molar-refractivity contribution in [1.29, 1.82) is 10.8 Å². The summed E-state index contributed by atoms with van der Waals surface area (Å²) < 4.78 is 0. The molecule has 0 radical (unpaired) electrons. The molecule has 2 aromatic carbocycles. The summed E-state index contributed by atoms with van der Waals surface area (Å²) in [5.74, 6) is 0.860. The Kier molecular flexibility index (Phi) is 5.66. The van der Waals surface area contributed by atoms with Gasteiger partial charge in [-0.25, -0.2) is 4.99 Å². The minimum absolute atomic E-state index is 0.181. The molecule has 1 atom stereocenters. The lowest BCUT2D eigenvalue weighted by Crippen LogP contribution is -2.17. The normalized spacial score (nSPS) is 22.7. The molecule has 2 heterocycles. The van der Waals surface area contributed by atoms with Crippen LogP contribution in [0.2, 0.25) is 5.02 Å². The van der Waals surface area contributed by atoms with E-state index in [1.807, 2.05) is 24.3 Å². The van der Waals surface area contributed by atoms with Crippen LogP contribution >= 0.6 is 23.4 Å². The second kappa shape index (κ2) is 8.60. The molecule has 2 aromatic rings. The van der Waals surface area contributed by atoms with Crippen molar-refractivity contribution in [3.8, 4) is 0 Å². The number of nitrogens with one attached hydrogen (secondary N) is 4. The highest BCUT2D eigenvalue weighted by atomic mass is 35.5. The SMILES string of the molecule is CCc1ccc(NC2=NC(=N)/C(=C3\NC(=N)C4=C3C(c3ccc(Cl)cc3)CCC4)S2)cc1. The van der Waals surface area contributed by atoms with Crippen molar-refractivity contribution in [1.82, 2.24) is 5.32 Å². The Bertz CT molecular complexity index is 1190. The quantitative estimate of drug-likeness (QED) is 0.423. The number of anilines is 1. The summed E-state index contributed by atoms with van der Waals surface area (Å²) in [5.41, 5.74) is 6.49. The van der Waals surface area contributed by atoms with Gasteiger partial charge in [-0.3, -0.25) is 10.8 Å². The van der Waals surface area contributed by atoms with Crippen molar-refractivity contribution in [2.75, 3.05) is 5.32 Å². The van der Waals surface area contributed by atoms with E-state index in [0.717, 1.165) is 58.1 Å². The molecular weight excluding hydrogens is 438 g/mol. The van der Waals surface area contributed by atoms with E-state index in [9.17, 15) is 0 Å². The molecule has 162 valence electrons. The molecule has 32 heavy (non-hydrogen) atoms. The van der Waals surface area contributed by atoms with E-state index in [4.69, 9.17) is 22.4 Å². The van der Waals surface area contributed by atoms with Crippen LogP contribution in [0.15, 0.2) is 75.3 Å². The number of amidine groups is 3. The van der Waals surface area contributed by atoms with Crippen molar-refractivity contribution in [2.45, 2.75) is 38.5 Å². The number of aryl methyl sites for hydroxylation is 1. The van der Waals surface area contributed by atoms with Crippen LogP contribution in [0.1, 0.15) is 43.2 Å². The van der Waals surface area contributed by atoms with Gasteiger partial charge in [0.15, 0.2) is 11.0 Å². The highest BCUT2D eigenvalue weighted by molar-refractivity contribution is 8.18.